The maximum Gasteiger partial charge on any atom is 0.244 e. The van der Waals surface area contributed by atoms with Gasteiger partial charge in [0.15, 0.2) is 0 Å². The number of rotatable bonds is 7. The van der Waals surface area contributed by atoms with Crippen molar-refractivity contribution in [1.29, 1.82) is 0 Å². The molecule has 0 radical (unpaired) electrons. The van der Waals surface area contributed by atoms with E-state index in [4.69, 9.17) is 0 Å². The fourth-order valence-corrected chi connectivity index (χ4v) is 2.71. The van der Waals surface area contributed by atoms with Crippen molar-refractivity contribution in [3.63, 3.8) is 0 Å². The molecule has 3 aromatic rings. The standard InChI is InChI=1S/C20H18F2N4O2/c21-16-7-8-17(18(22)10-16)20(28,12-26-14-23-13-25-26)11-24-19(27)9-6-15-4-2-1-3-5-15/h1-10,13-14,28H,11-12H2,(H,24,27). The number of nitrogens with zero attached hydrogens (tertiary/aromatic N) is 3. The van der Waals surface area contributed by atoms with Crippen molar-refractivity contribution >= 4 is 12.0 Å². The summed E-state index contributed by atoms with van der Waals surface area (Å²) in [4.78, 5) is 15.9. The summed E-state index contributed by atoms with van der Waals surface area (Å²) in [6, 6.07) is 12.1. The summed E-state index contributed by atoms with van der Waals surface area (Å²) < 4.78 is 28.9. The van der Waals surface area contributed by atoms with Gasteiger partial charge >= 0.3 is 0 Å². The van der Waals surface area contributed by atoms with E-state index in [1.54, 1.807) is 6.08 Å². The molecule has 0 spiro atoms. The van der Waals surface area contributed by atoms with Crippen LogP contribution in [0.2, 0.25) is 0 Å². The van der Waals surface area contributed by atoms with E-state index in [1.165, 1.54) is 23.4 Å². The van der Waals surface area contributed by atoms with Crippen molar-refractivity contribution in [2.75, 3.05) is 6.54 Å². The molecule has 2 N–H and O–H groups in total. The van der Waals surface area contributed by atoms with Gasteiger partial charge in [0, 0.05) is 17.7 Å². The Morgan fingerprint density at radius 1 is 1.21 bits per heavy atom. The summed E-state index contributed by atoms with van der Waals surface area (Å²) in [5.41, 5.74) is -1.18. The highest BCUT2D eigenvalue weighted by Gasteiger charge is 2.33. The molecule has 1 unspecified atom stereocenters. The topological polar surface area (TPSA) is 80.0 Å². The van der Waals surface area contributed by atoms with Gasteiger partial charge in [-0.2, -0.15) is 5.10 Å². The van der Waals surface area contributed by atoms with Crippen LogP contribution in [0.4, 0.5) is 8.78 Å². The van der Waals surface area contributed by atoms with Crippen molar-refractivity contribution in [3.8, 4) is 0 Å². The van der Waals surface area contributed by atoms with E-state index < -0.39 is 23.1 Å². The molecule has 0 aliphatic heterocycles. The normalized spacial score (nSPS) is 13.4. The van der Waals surface area contributed by atoms with Gasteiger partial charge in [-0.15, -0.1) is 0 Å². The number of benzene rings is 2. The van der Waals surface area contributed by atoms with Crippen LogP contribution in [-0.2, 0) is 16.9 Å². The van der Waals surface area contributed by atoms with Crippen LogP contribution in [0.1, 0.15) is 11.1 Å². The quantitative estimate of drug-likeness (QED) is 0.613. The highest BCUT2D eigenvalue weighted by atomic mass is 19.1. The summed E-state index contributed by atoms with van der Waals surface area (Å²) in [7, 11) is 0. The highest BCUT2D eigenvalue weighted by molar-refractivity contribution is 5.91. The molecule has 0 bridgehead atoms. The van der Waals surface area contributed by atoms with Crippen molar-refractivity contribution in [3.05, 3.63) is 90.0 Å². The fourth-order valence-electron chi connectivity index (χ4n) is 2.71. The van der Waals surface area contributed by atoms with E-state index >= 15 is 0 Å². The Kier molecular flexibility index (Phi) is 5.90. The number of halogens is 2. The largest absolute Gasteiger partial charge is 0.381 e. The molecular formula is C20H18F2N4O2. The summed E-state index contributed by atoms with van der Waals surface area (Å²) in [6.07, 6.45) is 5.54. The number of hydrogen-bond donors (Lipinski definition) is 2. The average molecular weight is 384 g/mol. The average Bonchev–Trinajstić information content (AvgIpc) is 3.18. The summed E-state index contributed by atoms with van der Waals surface area (Å²) in [5, 5.41) is 17.5. The molecule has 2 aromatic carbocycles. The SMILES string of the molecule is O=C(C=Cc1ccccc1)NCC(O)(Cn1cncn1)c1ccc(F)cc1F. The first-order valence-electron chi connectivity index (χ1n) is 8.47. The van der Waals surface area contributed by atoms with Gasteiger partial charge in [-0.3, -0.25) is 4.79 Å². The molecule has 0 saturated heterocycles. The third kappa shape index (κ3) is 4.86. The Bertz CT molecular complexity index is 962. The second kappa shape index (κ2) is 8.53. The van der Waals surface area contributed by atoms with Crippen LogP contribution in [0.5, 0.6) is 0 Å². The predicted octanol–water partition coefficient (Wildman–Crippen LogP) is 2.27. The van der Waals surface area contributed by atoms with Crippen LogP contribution in [0.25, 0.3) is 6.08 Å². The summed E-state index contributed by atoms with van der Waals surface area (Å²) >= 11 is 0. The number of aromatic nitrogens is 3. The van der Waals surface area contributed by atoms with E-state index in [-0.39, 0.29) is 18.7 Å². The van der Waals surface area contributed by atoms with Gasteiger partial charge in [0.05, 0.1) is 13.1 Å². The second-order valence-electron chi connectivity index (χ2n) is 6.21. The molecule has 28 heavy (non-hydrogen) atoms. The highest BCUT2D eigenvalue weighted by Crippen LogP contribution is 2.26. The van der Waals surface area contributed by atoms with Gasteiger partial charge in [0.1, 0.15) is 29.9 Å². The zero-order chi connectivity index (χ0) is 20.0. The molecular weight excluding hydrogens is 366 g/mol. The molecule has 6 nitrogen and oxygen atoms in total. The minimum Gasteiger partial charge on any atom is -0.381 e. The number of carbonyl (C=O) groups is 1. The van der Waals surface area contributed by atoms with Crippen LogP contribution in [-0.4, -0.2) is 32.3 Å². The first-order chi connectivity index (χ1) is 13.5. The minimum absolute atomic E-state index is 0.156. The van der Waals surface area contributed by atoms with Gasteiger partial charge in [-0.25, -0.2) is 18.4 Å². The monoisotopic (exact) mass is 384 g/mol. The number of carbonyl (C=O) groups excluding carboxylic acids is 1. The van der Waals surface area contributed by atoms with Crippen LogP contribution < -0.4 is 5.32 Å². The van der Waals surface area contributed by atoms with E-state index in [0.29, 0.717) is 6.07 Å². The summed E-state index contributed by atoms with van der Waals surface area (Å²) in [6.45, 7) is -0.494. The lowest BCUT2D eigenvalue weighted by atomic mass is 9.92. The van der Waals surface area contributed by atoms with E-state index in [1.807, 2.05) is 30.3 Å². The van der Waals surface area contributed by atoms with Gasteiger partial charge in [-0.05, 0) is 17.7 Å². The van der Waals surface area contributed by atoms with Gasteiger partial charge in [0.2, 0.25) is 5.91 Å². The Morgan fingerprint density at radius 3 is 2.68 bits per heavy atom. The zero-order valence-electron chi connectivity index (χ0n) is 14.8. The van der Waals surface area contributed by atoms with Crippen molar-refractivity contribution in [2.24, 2.45) is 0 Å². The molecule has 8 heteroatoms. The van der Waals surface area contributed by atoms with Crippen LogP contribution >= 0.6 is 0 Å². The van der Waals surface area contributed by atoms with E-state index in [9.17, 15) is 18.7 Å². The van der Waals surface area contributed by atoms with Crippen molar-refractivity contribution in [1.82, 2.24) is 20.1 Å². The second-order valence-corrected chi connectivity index (χ2v) is 6.21. The zero-order valence-corrected chi connectivity index (χ0v) is 14.8. The molecule has 1 aromatic heterocycles. The van der Waals surface area contributed by atoms with Crippen molar-refractivity contribution in [2.45, 2.75) is 12.1 Å². The van der Waals surface area contributed by atoms with Crippen LogP contribution in [0, 0.1) is 11.6 Å². The molecule has 144 valence electrons. The van der Waals surface area contributed by atoms with Gasteiger partial charge in [0.25, 0.3) is 0 Å². The smallest absolute Gasteiger partial charge is 0.244 e. The number of nitrogens with one attached hydrogen (secondary N) is 1. The third-order valence-electron chi connectivity index (χ3n) is 4.10. The first kappa shape index (κ1) is 19.4. The lowest BCUT2D eigenvalue weighted by Crippen LogP contribution is -2.44. The molecule has 1 heterocycles. The van der Waals surface area contributed by atoms with Crippen molar-refractivity contribution < 1.29 is 18.7 Å². The maximum atomic E-state index is 14.3. The molecule has 0 aliphatic carbocycles. The maximum absolute atomic E-state index is 14.3. The Hall–Kier alpha value is -3.39. The number of hydrogen-bond acceptors (Lipinski definition) is 4. The Labute approximate surface area is 160 Å². The Balaban J connectivity index is 1.77. The predicted molar refractivity (Wildman–Crippen MR) is 98.8 cm³/mol. The number of aliphatic hydroxyl groups is 1. The molecule has 3 rings (SSSR count). The van der Waals surface area contributed by atoms with Gasteiger partial charge in [-0.1, -0.05) is 36.4 Å². The van der Waals surface area contributed by atoms with Crippen LogP contribution in [0.3, 0.4) is 0 Å². The lowest BCUT2D eigenvalue weighted by molar-refractivity contribution is -0.118. The summed E-state index contributed by atoms with van der Waals surface area (Å²) in [5.74, 6) is -2.15. The lowest BCUT2D eigenvalue weighted by Gasteiger charge is -2.29. The molecule has 0 saturated carbocycles. The van der Waals surface area contributed by atoms with Gasteiger partial charge < -0.3 is 10.4 Å². The number of amides is 1. The first-order valence-corrected chi connectivity index (χ1v) is 8.47. The Morgan fingerprint density at radius 2 is 2.00 bits per heavy atom. The molecule has 0 aliphatic rings. The third-order valence-corrected chi connectivity index (χ3v) is 4.10. The molecule has 1 atom stereocenters. The molecule has 0 fully saturated rings. The fraction of sp³-hybridized carbons (Fsp3) is 0.150. The minimum atomic E-state index is -1.86. The molecule has 1 amide bonds. The van der Waals surface area contributed by atoms with Crippen LogP contribution in [0.15, 0.2) is 67.3 Å². The van der Waals surface area contributed by atoms with E-state index in [2.05, 4.69) is 15.4 Å². The van der Waals surface area contributed by atoms with E-state index in [0.717, 1.165) is 17.7 Å².